The van der Waals surface area contributed by atoms with Crippen molar-refractivity contribution in [1.29, 1.82) is 0 Å². The minimum absolute atomic E-state index is 0.160. The van der Waals surface area contributed by atoms with Crippen LogP contribution in [0.5, 0.6) is 0 Å². The van der Waals surface area contributed by atoms with E-state index in [0.717, 1.165) is 0 Å². The molecule has 2 nitrogen and oxygen atoms in total. The maximum Gasteiger partial charge on any atom is 0.391 e. The van der Waals surface area contributed by atoms with Crippen molar-refractivity contribution in [2.75, 3.05) is 0 Å². The molecule has 68 valence electrons. The monoisotopic (exact) mass is 179 g/mol. The summed E-state index contributed by atoms with van der Waals surface area (Å²) in [7, 11) is 0. The highest BCUT2D eigenvalue weighted by atomic mass is 19.4. The van der Waals surface area contributed by atoms with Gasteiger partial charge in [0.25, 0.3) is 0 Å². The van der Waals surface area contributed by atoms with Crippen LogP contribution in [0.1, 0.15) is 18.2 Å². The summed E-state index contributed by atoms with van der Waals surface area (Å²) in [4.78, 5) is 0. The van der Waals surface area contributed by atoms with E-state index in [4.69, 9.17) is 10.2 Å². The second-order valence-corrected chi connectivity index (χ2v) is 2.44. The summed E-state index contributed by atoms with van der Waals surface area (Å²) in [6.45, 7) is 0. The van der Waals surface area contributed by atoms with E-state index >= 15 is 0 Å². The lowest BCUT2D eigenvalue weighted by atomic mass is 10.2. The summed E-state index contributed by atoms with van der Waals surface area (Å²) in [5.74, 6) is 0.160. The van der Waals surface area contributed by atoms with Crippen LogP contribution >= 0.6 is 0 Å². The first-order valence-electron chi connectivity index (χ1n) is 3.35. The second-order valence-electron chi connectivity index (χ2n) is 2.44. The molecule has 1 unspecified atom stereocenters. The summed E-state index contributed by atoms with van der Waals surface area (Å²) < 4.78 is 40.0. The first kappa shape index (κ1) is 9.12. The first-order valence-corrected chi connectivity index (χ1v) is 3.35. The fraction of sp³-hybridized carbons (Fsp3) is 0.429. The Balaban J connectivity index is 2.56. The molecule has 12 heavy (non-hydrogen) atoms. The van der Waals surface area contributed by atoms with Crippen LogP contribution < -0.4 is 5.73 Å². The van der Waals surface area contributed by atoms with Gasteiger partial charge < -0.3 is 10.2 Å². The van der Waals surface area contributed by atoms with Gasteiger partial charge in [0, 0.05) is 0 Å². The largest absolute Gasteiger partial charge is 0.468 e. The Kier molecular flexibility index (Phi) is 2.42. The SMILES string of the molecule is NC(CC(F)(F)F)c1ccco1. The lowest BCUT2D eigenvalue weighted by Crippen LogP contribution is -2.19. The Labute approximate surface area is 67.2 Å². The highest BCUT2D eigenvalue weighted by Gasteiger charge is 2.31. The number of alkyl halides is 3. The molecule has 0 fully saturated rings. The van der Waals surface area contributed by atoms with Crippen LogP contribution in [-0.4, -0.2) is 6.18 Å². The molecule has 0 radical (unpaired) electrons. The smallest absolute Gasteiger partial charge is 0.391 e. The van der Waals surface area contributed by atoms with E-state index in [1.165, 1.54) is 18.4 Å². The molecule has 0 aliphatic rings. The summed E-state index contributed by atoms with van der Waals surface area (Å²) in [5, 5.41) is 0. The van der Waals surface area contributed by atoms with Crippen LogP contribution in [0.15, 0.2) is 22.8 Å². The lowest BCUT2D eigenvalue weighted by Gasteiger charge is -2.10. The molecule has 0 saturated heterocycles. The molecule has 0 spiro atoms. The predicted molar refractivity (Wildman–Crippen MR) is 36.3 cm³/mol. The third kappa shape index (κ3) is 2.58. The van der Waals surface area contributed by atoms with Crippen LogP contribution in [0, 0.1) is 0 Å². The van der Waals surface area contributed by atoms with Crippen LogP contribution in [-0.2, 0) is 0 Å². The second kappa shape index (κ2) is 3.18. The average molecular weight is 179 g/mol. The highest BCUT2D eigenvalue weighted by Crippen LogP contribution is 2.27. The van der Waals surface area contributed by atoms with Crippen molar-refractivity contribution in [3.63, 3.8) is 0 Å². The lowest BCUT2D eigenvalue weighted by molar-refractivity contribution is -0.139. The molecule has 1 heterocycles. The number of furan rings is 1. The van der Waals surface area contributed by atoms with Crippen LogP contribution in [0.2, 0.25) is 0 Å². The van der Waals surface area contributed by atoms with Gasteiger partial charge >= 0.3 is 6.18 Å². The normalized spacial score (nSPS) is 14.7. The third-order valence-electron chi connectivity index (χ3n) is 1.36. The van der Waals surface area contributed by atoms with Gasteiger partial charge in [0.05, 0.1) is 18.7 Å². The van der Waals surface area contributed by atoms with Crippen LogP contribution in [0.3, 0.4) is 0 Å². The molecule has 1 aromatic rings. The van der Waals surface area contributed by atoms with Gasteiger partial charge in [0.15, 0.2) is 0 Å². The van der Waals surface area contributed by atoms with E-state index in [-0.39, 0.29) is 5.76 Å². The minimum atomic E-state index is -4.24. The van der Waals surface area contributed by atoms with E-state index in [0.29, 0.717) is 0 Å². The topological polar surface area (TPSA) is 39.2 Å². The first-order chi connectivity index (χ1) is 5.49. The van der Waals surface area contributed by atoms with E-state index in [1.54, 1.807) is 0 Å². The van der Waals surface area contributed by atoms with Gasteiger partial charge in [-0.25, -0.2) is 0 Å². The molecular formula is C7H8F3NO. The zero-order chi connectivity index (χ0) is 9.19. The maximum absolute atomic E-state index is 11.8. The molecule has 1 atom stereocenters. The van der Waals surface area contributed by atoms with Gasteiger partial charge in [0.2, 0.25) is 0 Å². The van der Waals surface area contributed by atoms with Crippen molar-refractivity contribution in [2.45, 2.75) is 18.6 Å². The van der Waals surface area contributed by atoms with Crippen molar-refractivity contribution < 1.29 is 17.6 Å². The number of hydrogen-bond acceptors (Lipinski definition) is 2. The standard InChI is InChI=1S/C7H8F3NO/c8-7(9,10)4-5(11)6-2-1-3-12-6/h1-3,5H,4,11H2. The number of halogens is 3. The Bertz CT molecular complexity index is 229. The molecular weight excluding hydrogens is 171 g/mol. The Morgan fingerprint density at radius 2 is 2.17 bits per heavy atom. The highest BCUT2D eigenvalue weighted by molar-refractivity contribution is 5.03. The molecule has 1 aromatic heterocycles. The van der Waals surface area contributed by atoms with Gasteiger partial charge in [-0.1, -0.05) is 0 Å². The zero-order valence-corrected chi connectivity index (χ0v) is 6.14. The molecule has 1 rings (SSSR count). The van der Waals surface area contributed by atoms with Crippen LogP contribution in [0.4, 0.5) is 13.2 Å². The predicted octanol–water partition coefficient (Wildman–Crippen LogP) is 2.23. The van der Waals surface area contributed by atoms with Crippen molar-refractivity contribution in [2.24, 2.45) is 5.73 Å². The van der Waals surface area contributed by atoms with Crippen molar-refractivity contribution in [3.05, 3.63) is 24.2 Å². The molecule has 0 aromatic carbocycles. The van der Waals surface area contributed by atoms with Crippen molar-refractivity contribution in [3.8, 4) is 0 Å². The van der Waals surface area contributed by atoms with E-state index in [9.17, 15) is 13.2 Å². The summed E-state index contributed by atoms with van der Waals surface area (Å²) in [6.07, 6.45) is -4.00. The van der Waals surface area contributed by atoms with E-state index < -0.39 is 18.6 Å². The summed E-state index contributed by atoms with van der Waals surface area (Å²) in [6, 6.07) is 1.84. The van der Waals surface area contributed by atoms with Crippen molar-refractivity contribution >= 4 is 0 Å². The molecule has 0 saturated carbocycles. The molecule has 0 amide bonds. The van der Waals surface area contributed by atoms with Crippen molar-refractivity contribution in [1.82, 2.24) is 0 Å². The Morgan fingerprint density at radius 3 is 2.58 bits per heavy atom. The van der Waals surface area contributed by atoms with Gasteiger partial charge in [-0.2, -0.15) is 13.2 Å². The van der Waals surface area contributed by atoms with E-state index in [1.807, 2.05) is 0 Å². The molecule has 0 aliphatic carbocycles. The number of rotatable bonds is 2. The minimum Gasteiger partial charge on any atom is -0.468 e. The third-order valence-corrected chi connectivity index (χ3v) is 1.36. The Morgan fingerprint density at radius 1 is 1.50 bits per heavy atom. The zero-order valence-electron chi connectivity index (χ0n) is 6.14. The molecule has 5 heteroatoms. The fourth-order valence-electron chi connectivity index (χ4n) is 0.852. The fourth-order valence-corrected chi connectivity index (χ4v) is 0.852. The van der Waals surface area contributed by atoms with Gasteiger partial charge in [-0.15, -0.1) is 0 Å². The summed E-state index contributed by atoms with van der Waals surface area (Å²) in [5.41, 5.74) is 5.21. The quantitative estimate of drug-likeness (QED) is 0.756. The molecule has 0 aliphatic heterocycles. The number of hydrogen-bond donors (Lipinski definition) is 1. The van der Waals surface area contributed by atoms with E-state index in [2.05, 4.69) is 0 Å². The molecule has 0 bridgehead atoms. The van der Waals surface area contributed by atoms with Crippen LogP contribution in [0.25, 0.3) is 0 Å². The average Bonchev–Trinajstić information content (AvgIpc) is 2.32. The molecule has 2 N–H and O–H groups in total. The summed E-state index contributed by atoms with van der Waals surface area (Å²) >= 11 is 0. The maximum atomic E-state index is 11.8. The van der Waals surface area contributed by atoms with Gasteiger partial charge in [-0.05, 0) is 12.1 Å². The Hall–Kier alpha value is -0.970. The van der Waals surface area contributed by atoms with Gasteiger partial charge in [0.1, 0.15) is 5.76 Å². The number of nitrogens with two attached hydrogens (primary N) is 1. The van der Waals surface area contributed by atoms with Gasteiger partial charge in [-0.3, -0.25) is 0 Å².